The molecule has 1 aromatic rings. The van der Waals surface area contributed by atoms with Crippen molar-refractivity contribution in [3.8, 4) is 0 Å². The van der Waals surface area contributed by atoms with Gasteiger partial charge in [0.15, 0.2) is 0 Å². The van der Waals surface area contributed by atoms with Gasteiger partial charge in [0.05, 0.1) is 5.41 Å². The second kappa shape index (κ2) is 4.62. The van der Waals surface area contributed by atoms with E-state index < -0.39 is 0 Å². The summed E-state index contributed by atoms with van der Waals surface area (Å²) in [4.78, 5) is 0. The van der Waals surface area contributed by atoms with E-state index in [1.165, 1.54) is 11.1 Å². The molecule has 0 spiro atoms. The fourth-order valence-corrected chi connectivity index (χ4v) is 2.29. The smallest absolute Gasteiger partial charge is 0.0558 e. The second-order valence-electron chi connectivity index (χ2n) is 4.66. The number of nitrogens with two attached hydrogens (primary N) is 1. The van der Waals surface area contributed by atoms with Gasteiger partial charge in [0.25, 0.3) is 0 Å². The summed E-state index contributed by atoms with van der Waals surface area (Å²) in [7, 11) is 0. The van der Waals surface area contributed by atoms with E-state index in [1.54, 1.807) is 0 Å². The first kappa shape index (κ1) is 11.7. The summed E-state index contributed by atoms with van der Waals surface area (Å²) in [5, 5.41) is 0. The molecule has 1 unspecified atom stereocenters. The van der Waals surface area contributed by atoms with E-state index in [1.807, 2.05) is 18.2 Å². The fraction of sp³-hybridized carbons (Fsp3) is 0.250. The average Bonchev–Trinajstić information content (AvgIpc) is 2.39. The second-order valence-corrected chi connectivity index (χ2v) is 4.66. The maximum Gasteiger partial charge on any atom is 0.0558 e. The normalized spacial score (nSPS) is 18.3. The Morgan fingerprint density at radius 2 is 1.94 bits per heavy atom. The summed E-state index contributed by atoms with van der Waals surface area (Å²) < 4.78 is 0. The minimum Gasteiger partial charge on any atom is -0.402 e. The first-order valence-electron chi connectivity index (χ1n) is 6.03. The molecular weight excluding hydrogens is 206 g/mol. The quantitative estimate of drug-likeness (QED) is 0.834. The van der Waals surface area contributed by atoms with Crippen LogP contribution >= 0.6 is 0 Å². The van der Waals surface area contributed by atoms with E-state index in [4.69, 9.17) is 5.73 Å². The minimum atomic E-state index is -0.280. The van der Waals surface area contributed by atoms with Crippen LogP contribution in [0, 0.1) is 0 Å². The maximum absolute atomic E-state index is 6.06. The lowest BCUT2D eigenvalue weighted by Gasteiger charge is -2.33. The van der Waals surface area contributed by atoms with Crippen molar-refractivity contribution in [3.05, 3.63) is 72.0 Å². The van der Waals surface area contributed by atoms with E-state index in [0.29, 0.717) is 5.70 Å². The van der Waals surface area contributed by atoms with Gasteiger partial charge in [-0.25, -0.2) is 0 Å². The van der Waals surface area contributed by atoms with Gasteiger partial charge in [0.1, 0.15) is 0 Å². The molecule has 1 aromatic carbocycles. The third-order valence-corrected chi connectivity index (χ3v) is 3.57. The van der Waals surface area contributed by atoms with E-state index in [9.17, 15) is 0 Å². The van der Waals surface area contributed by atoms with Gasteiger partial charge in [-0.2, -0.15) is 0 Å². The molecule has 1 heteroatoms. The highest BCUT2D eigenvalue weighted by molar-refractivity contribution is 5.48. The molecule has 0 aromatic heterocycles. The van der Waals surface area contributed by atoms with Crippen LogP contribution in [0.2, 0.25) is 0 Å². The zero-order chi connectivity index (χ0) is 12.3. The summed E-state index contributed by atoms with van der Waals surface area (Å²) in [6.07, 6.45) is 8.85. The number of hydrogen-bond donors (Lipinski definition) is 1. The van der Waals surface area contributed by atoms with Gasteiger partial charge in [-0.15, -0.1) is 0 Å². The van der Waals surface area contributed by atoms with Crippen LogP contribution < -0.4 is 5.73 Å². The molecule has 0 aliphatic heterocycles. The van der Waals surface area contributed by atoms with Gasteiger partial charge in [0.2, 0.25) is 0 Å². The molecule has 0 fully saturated rings. The molecule has 1 nitrogen and oxygen atoms in total. The number of rotatable bonds is 3. The highest BCUT2D eigenvalue weighted by atomic mass is 14.6. The molecule has 1 atom stereocenters. The van der Waals surface area contributed by atoms with Crippen molar-refractivity contribution >= 4 is 0 Å². The lowest BCUT2D eigenvalue weighted by molar-refractivity contribution is 0.657. The molecule has 0 heterocycles. The molecule has 17 heavy (non-hydrogen) atoms. The van der Waals surface area contributed by atoms with Crippen molar-refractivity contribution in [2.24, 2.45) is 5.73 Å². The lowest BCUT2D eigenvalue weighted by atomic mass is 9.72. The van der Waals surface area contributed by atoms with Crippen molar-refractivity contribution in [3.63, 3.8) is 0 Å². The SMILES string of the molecule is C=C(N)C(C)(C1=CCCC=C1)c1ccccc1. The fourth-order valence-electron chi connectivity index (χ4n) is 2.29. The Morgan fingerprint density at radius 3 is 2.47 bits per heavy atom. The van der Waals surface area contributed by atoms with Crippen LogP contribution in [0.25, 0.3) is 0 Å². The number of allylic oxidation sites excluding steroid dienone is 4. The van der Waals surface area contributed by atoms with Crippen molar-refractivity contribution < 1.29 is 0 Å². The van der Waals surface area contributed by atoms with Gasteiger partial charge >= 0.3 is 0 Å². The molecule has 0 saturated carbocycles. The molecule has 0 bridgehead atoms. The summed E-state index contributed by atoms with van der Waals surface area (Å²) in [6.45, 7) is 6.13. The molecule has 0 radical (unpaired) electrons. The Bertz CT molecular complexity index is 468. The molecule has 0 saturated heterocycles. The van der Waals surface area contributed by atoms with Gasteiger partial charge in [0, 0.05) is 5.70 Å². The van der Waals surface area contributed by atoms with Crippen LogP contribution in [0.15, 0.2) is 66.4 Å². The van der Waals surface area contributed by atoms with E-state index in [0.717, 1.165) is 12.8 Å². The Morgan fingerprint density at radius 1 is 1.24 bits per heavy atom. The van der Waals surface area contributed by atoms with E-state index in [2.05, 4.69) is 43.9 Å². The largest absolute Gasteiger partial charge is 0.402 e. The van der Waals surface area contributed by atoms with Gasteiger partial charge in [-0.3, -0.25) is 0 Å². The molecule has 2 N–H and O–H groups in total. The van der Waals surface area contributed by atoms with Crippen LogP contribution in [-0.4, -0.2) is 0 Å². The summed E-state index contributed by atoms with van der Waals surface area (Å²) in [5.74, 6) is 0. The standard InChI is InChI=1S/C16H19N/c1-13(17)16(2,14-9-5-3-6-10-14)15-11-7-4-8-12-15/h3,5-7,9-12H,1,4,8,17H2,2H3. The number of hydrogen-bond acceptors (Lipinski definition) is 1. The van der Waals surface area contributed by atoms with Gasteiger partial charge in [-0.1, -0.05) is 55.1 Å². The maximum atomic E-state index is 6.06. The molecule has 2 rings (SSSR count). The summed E-state index contributed by atoms with van der Waals surface area (Å²) >= 11 is 0. The summed E-state index contributed by atoms with van der Waals surface area (Å²) in [5.41, 5.74) is 8.93. The number of benzene rings is 1. The van der Waals surface area contributed by atoms with E-state index in [-0.39, 0.29) is 5.41 Å². The van der Waals surface area contributed by atoms with Crippen LogP contribution in [0.1, 0.15) is 25.3 Å². The zero-order valence-electron chi connectivity index (χ0n) is 10.3. The Balaban J connectivity index is 2.50. The predicted molar refractivity (Wildman–Crippen MR) is 73.6 cm³/mol. The molecular formula is C16H19N. The van der Waals surface area contributed by atoms with Crippen molar-refractivity contribution in [1.29, 1.82) is 0 Å². The first-order chi connectivity index (χ1) is 8.15. The van der Waals surface area contributed by atoms with Crippen LogP contribution in [0.4, 0.5) is 0 Å². The minimum absolute atomic E-state index is 0.280. The van der Waals surface area contributed by atoms with Crippen LogP contribution in [0.5, 0.6) is 0 Å². The van der Waals surface area contributed by atoms with Crippen LogP contribution in [-0.2, 0) is 5.41 Å². The van der Waals surface area contributed by atoms with Crippen molar-refractivity contribution in [2.45, 2.75) is 25.2 Å². The van der Waals surface area contributed by atoms with Crippen LogP contribution in [0.3, 0.4) is 0 Å². The third kappa shape index (κ3) is 2.05. The lowest BCUT2D eigenvalue weighted by Crippen LogP contribution is -2.31. The van der Waals surface area contributed by atoms with Gasteiger partial charge in [-0.05, 0) is 30.9 Å². The Labute approximate surface area is 103 Å². The predicted octanol–water partition coefficient (Wildman–Crippen LogP) is 3.69. The van der Waals surface area contributed by atoms with E-state index >= 15 is 0 Å². The first-order valence-corrected chi connectivity index (χ1v) is 6.03. The molecule has 1 aliphatic rings. The zero-order valence-corrected chi connectivity index (χ0v) is 10.3. The van der Waals surface area contributed by atoms with Gasteiger partial charge < -0.3 is 5.73 Å². The Hall–Kier alpha value is -1.76. The average molecular weight is 225 g/mol. The van der Waals surface area contributed by atoms with Crippen molar-refractivity contribution in [1.82, 2.24) is 0 Å². The Kier molecular flexibility index (Phi) is 3.19. The van der Waals surface area contributed by atoms with Crippen molar-refractivity contribution in [2.75, 3.05) is 0 Å². The molecule has 1 aliphatic carbocycles. The monoisotopic (exact) mass is 225 g/mol. The third-order valence-electron chi connectivity index (χ3n) is 3.57. The highest BCUT2D eigenvalue weighted by Crippen LogP contribution is 2.38. The molecule has 0 amide bonds. The summed E-state index contributed by atoms with van der Waals surface area (Å²) in [6, 6.07) is 10.3. The highest BCUT2D eigenvalue weighted by Gasteiger charge is 2.31. The topological polar surface area (TPSA) is 26.0 Å². The molecule has 88 valence electrons.